The molecule has 1 amide bonds. The predicted octanol–water partition coefficient (Wildman–Crippen LogP) is 3.39. The third kappa shape index (κ3) is 3.50. The predicted molar refractivity (Wildman–Crippen MR) is 114 cm³/mol. The maximum absolute atomic E-state index is 13.0. The van der Waals surface area contributed by atoms with Gasteiger partial charge in [0.15, 0.2) is 0 Å². The summed E-state index contributed by atoms with van der Waals surface area (Å²) in [5.74, 6) is 0.828. The Kier molecular flexibility index (Phi) is 4.63. The lowest BCUT2D eigenvalue weighted by molar-refractivity contribution is 0.0926. The van der Waals surface area contributed by atoms with E-state index in [2.05, 4.69) is 43.4 Å². The van der Waals surface area contributed by atoms with E-state index >= 15 is 0 Å². The summed E-state index contributed by atoms with van der Waals surface area (Å²) in [4.78, 5) is 22.1. The number of amides is 1. The fraction of sp³-hybridized carbons (Fsp3) is 0.217. The van der Waals surface area contributed by atoms with Crippen molar-refractivity contribution in [1.82, 2.24) is 30.0 Å². The first-order chi connectivity index (χ1) is 14.7. The van der Waals surface area contributed by atoms with Gasteiger partial charge in [0, 0.05) is 37.0 Å². The van der Waals surface area contributed by atoms with Gasteiger partial charge in [0.1, 0.15) is 11.5 Å². The van der Waals surface area contributed by atoms with Crippen molar-refractivity contribution >= 4 is 5.91 Å². The summed E-state index contributed by atoms with van der Waals surface area (Å²) >= 11 is 0. The van der Waals surface area contributed by atoms with E-state index in [1.165, 1.54) is 0 Å². The van der Waals surface area contributed by atoms with Gasteiger partial charge in [-0.2, -0.15) is 5.10 Å². The summed E-state index contributed by atoms with van der Waals surface area (Å²) in [5, 5.41) is 10.1. The lowest BCUT2D eigenvalue weighted by Crippen LogP contribution is -2.40. The number of H-pyrrole nitrogens is 1. The fourth-order valence-electron chi connectivity index (χ4n) is 3.89. The molecule has 4 heterocycles. The summed E-state index contributed by atoms with van der Waals surface area (Å²) < 4.78 is 2.18. The van der Waals surface area contributed by atoms with Crippen molar-refractivity contribution in [2.75, 3.05) is 0 Å². The minimum atomic E-state index is -0.168. The van der Waals surface area contributed by atoms with Crippen LogP contribution in [-0.2, 0) is 13.0 Å². The van der Waals surface area contributed by atoms with Gasteiger partial charge in [-0.3, -0.25) is 14.9 Å². The number of rotatable bonds is 4. The molecule has 7 heteroatoms. The highest BCUT2D eigenvalue weighted by molar-refractivity contribution is 5.98. The van der Waals surface area contributed by atoms with Crippen molar-refractivity contribution in [3.05, 3.63) is 78.1 Å². The lowest BCUT2D eigenvalue weighted by atomic mass is 10.1. The molecule has 0 spiro atoms. The van der Waals surface area contributed by atoms with E-state index < -0.39 is 0 Å². The lowest BCUT2D eigenvalue weighted by Gasteiger charge is -2.24. The Balaban J connectivity index is 1.32. The Labute approximate surface area is 174 Å². The highest BCUT2D eigenvalue weighted by Gasteiger charge is 2.25. The van der Waals surface area contributed by atoms with Gasteiger partial charge in [0.25, 0.3) is 5.91 Å². The Bertz CT molecular complexity index is 1190. The van der Waals surface area contributed by atoms with E-state index in [-0.39, 0.29) is 11.9 Å². The van der Waals surface area contributed by atoms with Crippen LogP contribution in [0.15, 0.2) is 61.1 Å². The smallest absolute Gasteiger partial charge is 0.270 e. The zero-order valence-corrected chi connectivity index (χ0v) is 16.7. The molecule has 1 aliphatic heterocycles. The number of carbonyl (C=O) groups is 1. The molecule has 0 saturated carbocycles. The number of benzene rings is 1. The van der Waals surface area contributed by atoms with Gasteiger partial charge >= 0.3 is 0 Å². The first-order valence-corrected chi connectivity index (χ1v) is 10.1. The van der Waals surface area contributed by atoms with E-state index in [0.29, 0.717) is 17.7 Å². The monoisotopic (exact) mass is 398 g/mol. The van der Waals surface area contributed by atoms with E-state index in [4.69, 9.17) is 4.98 Å². The number of hydrogen-bond acceptors (Lipinski definition) is 4. The topological polar surface area (TPSA) is 88.5 Å². The van der Waals surface area contributed by atoms with Crippen LogP contribution in [0.2, 0.25) is 0 Å². The van der Waals surface area contributed by atoms with Crippen LogP contribution in [-0.4, -0.2) is 36.7 Å². The normalized spacial score (nSPS) is 15.6. The molecular weight excluding hydrogens is 376 g/mol. The van der Waals surface area contributed by atoms with Gasteiger partial charge in [-0.1, -0.05) is 30.3 Å². The Hall–Kier alpha value is -3.74. The van der Waals surface area contributed by atoms with Gasteiger partial charge in [0.05, 0.1) is 23.1 Å². The number of imidazole rings is 1. The maximum atomic E-state index is 13.0. The molecule has 1 aliphatic rings. The summed E-state index contributed by atoms with van der Waals surface area (Å²) in [5.41, 5.74) is 5.04. The zero-order chi connectivity index (χ0) is 20.5. The zero-order valence-electron chi connectivity index (χ0n) is 16.7. The van der Waals surface area contributed by atoms with Gasteiger partial charge < -0.3 is 9.88 Å². The van der Waals surface area contributed by atoms with Gasteiger partial charge in [-0.15, -0.1) is 0 Å². The van der Waals surface area contributed by atoms with Crippen LogP contribution in [0, 0.1) is 6.92 Å². The summed E-state index contributed by atoms with van der Waals surface area (Å²) in [6, 6.07) is 14.1. The molecule has 0 aliphatic carbocycles. The third-order valence-corrected chi connectivity index (χ3v) is 5.47. The van der Waals surface area contributed by atoms with E-state index in [1.807, 2.05) is 37.3 Å². The molecule has 1 unspecified atom stereocenters. The molecule has 0 saturated heterocycles. The third-order valence-electron chi connectivity index (χ3n) is 5.47. The van der Waals surface area contributed by atoms with Crippen molar-refractivity contribution in [3.8, 4) is 22.5 Å². The Morgan fingerprint density at radius 2 is 2.07 bits per heavy atom. The first-order valence-electron chi connectivity index (χ1n) is 10.1. The van der Waals surface area contributed by atoms with Gasteiger partial charge in [-0.05, 0) is 31.0 Å². The Morgan fingerprint density at radius 3 is 2.90 bits per heavy atom. The van der Waals surface area contributed by atoms with Crippen LogP contribution in [0.1, 0.15) is 28.3 Å². The number of carbonyl (C=O) groups excluding carboxylic acids is 1. The quantitative estimate of drug-likeness (QED) is 0.552. The number of nitrogens with one attached hydrogen (secondary N) is 2. The molecule has 2 N–H and O–H groups in total. The van der Waals surface area contributed by atoms with Gasteiger partial charge in [0.2, 0.25) is 0 Å². The number of pyridine rings is 1. The number of aromatic nitrogens is 5. The summed E-state index contributed by atoms with van der Waals surface area (Å²) in [7, 11) is 0. The number of hydrogen-bond donors (Lipinski definition) is 2. The molecule has 5 rings (SSSR count). The average Bonchev–Trinajstić information content (AvgIpc) is 3.41. The molecule has 30 heavy (non-hydrogen) atoms. The first kappa shape index (κ1) is 18.3. The number of nitrogens with zero attached hydrogens (tertiary/aromatic N) is 4. The molecule has 0 fully saturated rings. The van der Waals surface area contributed by atoms with Crippen molar-refractivity contribution in [1.29, 1.82) is 0 Å². The summed E-state index contributed by atoms with van der Waals surface area (Å²) in [6.07, 6.45) is 7.04. The average molecular weight is 398 g/mol. The van der Waals surface area contributed by atoms with Crippen molar-refractivity contribution in [2.45, 2.75) is 32.4 Å². The highest BCUT2D eigenvalue weighted by atomic mass is 16.2. The Morgan fingerprint density at radius 1 is 1.20 bits per heavy atom. The largest absolute Gasteiger partial charge is 0.347 e. The van der Waals surface area contributed by atoms with Crippen molar-refractivity contribution in [3.63, 3.8) is 0 Å². The van der Waals surface area contributed by atoms with Crippen molar-refractivity contribution < 1.29 is 4.79 Å². The number of aryl methyl sites for hydroxylation is 2. The minimum absolute atomic E-state index is 0.0256. The maximum Gasteiger partial charge on any atom is 0.270 e. The van der Waals surface area contributed by atoms with Crippen LogP contribution in [0.3, 0.4) is 0 Å². The summed E-state index contributed by atoms with van der Waals surface area (Å²) in [6.45, 7) is 2.83. The van der Waals surface area contributed by atoms with Crippen LogP contribution >= 0.6 is 0 Å². The number of aromatic amines is 1. The van der Waals surface area contributed by atoms with Crippen LogP contribution in [0.25, 0.3) is 22.5 Å². The standard InChI is InChI=1S/C23H22N6O/c1-15-7-9-24-19(11-15)18-13-25-28-22(18)23(30)26-17-8-10-29-14-20(27-21(29)12-17)16-5-3-2-4-6-16/h2-7,9,11,13-14,17H,8,10,12H2,1H3,(H,25,28)(H,26,30). The molecular formula is C23H22N6O. The molecule has 4 aromatic rings. The minimum Gasteiger partial charge on any atom is -0.347 e. The highest BCUT2D eigenvalue weighted by Crippen LogP contribution is 2.24. The fourth-order valence-corrected chi connectivity index (χ4v) is 3.89. The van der Waals surface area contributed by atoms with Gasteiger partial charge in [-0.25, -0.2) is 4.98 Å². The van der Waals surface area contributed by atoms with Crippen molar-refractivity contribution in [2.24, 2.45) is 0 Å². The SMILES string of the molecule is Cc1ccnc(-c2cn[nH]c2C(=O)NC2CCn3cc(-c4ccccc4)nc3C2)c1. The van der Waals surface area contributed by atoms with E-state index in [1.54, 1.807) is 12.4 Å². The molecule has 0 radical (unpaired) electrons. The molecule has 1 aromatic carbocycles. The second-order valence-electron chi connectivity index (χ2n) is 7.64. The van der Waals surface area contributed by atoms with Crippen LogP contribution < -0.4 is 5.32 Å². The van der Waals surface area contributed by atoms with Crippen LogP contribution in [0.4, 0.5) is 0 Å². The molecule has 7 nitrogen and oxygen atoms in total. The van der Waals surface area contributed by atoms with E-state index in [9.17, 15) is 4.79 Å². The molecule has 1 atom stereocenters. The number of fused-ring (bicyclic) bond motifs is 1. The molecule has 0 bridgehead atoms. The second-order valence-corrected chi connectivity index (χ2v) is 7.64. The van der Waals surface area contributed by atoms with Crippen LogP contribution in [0.5, 0.6) is 0 Å². The second kappa shape index (κ2) is 7.59. The molecule has 150 valence electrons. The molecule has 3 aromatic heterocycles. The van der Waals surface area contributed by atoms with E-state index in [0.717, 1.165) is 41.3 Å².